The molecule has 104 valence electrons. The Morgan fingerprint density at radius 2 is 2.10 bits per heavy atom. The zero-order valence-corrected chi connectivity index (χ0v) is 12.9. The van der Waals surface area contributed by atoms with Crippen molar-refractivity contribution in [3.05, 3.63) is 46.9 Å². The number of benzene rings is 1. The van der Waals surface area contributed by atoms with Gasteiger partial charge in [-0.25, -0.2) is 14.4 Å². The number of amides is 1. The van der Waals surface area contributed by atoms with Crippen LogP contribution in [0.2, 0.25) is 0 Å². The van der Waals surface area contributed by atoms with Gasteiger partial charge in [0, 0.05) is 16.9 Å². The van der Waals surface area contributed by atoms with E-state index in [4.69, 9.17) is 0 Å². The quantitative estimate of drug-likeness (QED) is 0.673. The van der Waals surface area contributed by atoms with Gasteiger partial charge in [0.1, 0.15) is 5.82 Å². The summed E-state index contributed by atoms with van der Waals surface area (Å²) in [6, 6.07) is 6.17. The predicted octanol–water partition coefficient (Wildman–Crippen LogP) is 3.50. The molecule has 2 rings (SSSR count). The summed E-state index contributed by atoms with van der Waals surface area (Å²) in [6.45, 7) is 1.72. The highest BCUT2D eigenvalue weighted by atomic mass is 79.9. The molecular weight excluding hydrogens is 345 g/mol. The molecule has 0 aliphatic rings. The lowest BCUT2D eigenvalue weighted by Crippen LogP contribution is -2.23. The number of thioether (sulfide) groups is 1. The summed E-state index contributed by atoms with van der Waals surface area (Å²) < 4.78 is 14.2. The van der Waals surface area contributed by atoms with Crippen LogP contribution in [-0.2, 0) is 4.79 Å². The molecule has 20 heavy (non-hydrogen) atoms. The lowest BCUT2D eigenvalue weighted by Gasteiger charge is -2.11. The Morgan fingerprint density at radius 3 is 2.75 bits per heavy atom. The number of hydrogen-bond acceptors (Lipinski definition) is 4. The van der Waals surface area contributed by atoms with Gasteiger partial charge in [-0.15, -0.1) is 0 Å². The number of carbonyl (C=O) groups is 1. The van der Waals surface area contributed by atoms with Crippen molar-refractivity contribution in [3.8, 4) is 0 Å². The number of carbonyl (C=O) groups excluding carboxylic acids is 1. The molecule has 0 saturated heterocycles. The minimum absolute atomic E-state index is 0.152. The average molecular weight is 356 g/mol. The Balaban J connectivity index is 2.01. The largest absolute Gasteiger partial charge is 0.323 e. The van der Waals surface area contributed by atoms with Gasteiger partial charge in [0.25, 0.3) is 0 Å². The number of anilines is 1. The summed E-state index contributed by atoms with van der Waals surface area (Å²) in [6.07, 6.45) is 3.21. The van der Waals surface area contributed by atoms with Crippen LogP contribution in [-0.4, -0.2) is 21.1 Å². The second-order valence-corrected chi connectivity index (χ2v) is 6.13. The van der Waals surface area contributed by atoms with Crippen LogP contribution in [0.15, 0.2) is 46.3 Å². The minimum atomic E-state index is -0.485. The number of aromatic nitrogens is 2. The molecule has 1 aromatic heterocycles. The Labute approximate surface area is 128 Å². The smallest absolute Gasteiger partial charge is 0.237 e. The van der Waals surface area contributed by atoms with E-state index >= 15 is 0 Å². The number of halogens is 2. The van der Waals surface area contributed by atoms with E-state index in [1.807, 2.05) is 0 Å². The molecule has 1 aromatic carbocycles. The van der Waals surface area contributed by atoms with E-state index in [1.54, 1.807) is 31.5 Å². The van der Waals surface area contributed by atoms with Crippen molar-refractivity contribution in [2.24, 2.45) is 0 Å². The first-order valence-corrected chi connectivity index (χ1v) is 7.43. The van der Waals surface area contributed by atoms with Crippen LogP contribution in [0.3, 0.4) is 0 Å². The first-order valence-electron chi connectivity index (χ1n) is 5.76. The number of hydrogen-bond donors (Lipinski definition) is 1. The normalized spacial score (nSPS) is 11.9. The second kappa shape index (κ2) is 6.81. The molecule has 0 radical (unpaired) electrons. The first kappa shape index (κ1) is 14.9. The van der Waals surface area contributed by atoms with Gasteiger partial charge in [0.05, 0.1) is 10.9 Å². The van der Waals surface area contributed by atoms with Crippen molar-refractivity contribution in [1.82, 2.24) is 9.97 Å². The zero-order valence-electron chi connectivity index (χ0n) is 10.5. The zero-order chi connectivity index (χ0) is 14.5. The Kier molecular flexibility index (Phi) is 5.08. The summed E-state index contributed by atoms with van der Waals surface area (Å²) >= 11 is 4.38. The van der Waals surface area contributed by atoms with Crippen LogP contribution < -0.4 is 5.32 Å². The molecule has 0 bridgehead atoms. The molecular formula is C13H11BrFN3OS. The fourth-order valence-electron chi connectivity index (χ4n) is 1.38. The third-order valence-electron chi connectivity index (χ3n) is 2.38. The highest BCUT2D eigenvalue weighted by molar-refractivity contribution is 9.10. The number of nitrogens with zero attached hydrogens (tertiary/aromatic N) is 2. The Bertz CT molecular complexity index is 612. The predicted molar refractivity (Wildman–Crippen MR) is 80.1 cm³/mol. The highest BCUT2D eigenvalue weighted by Gasteiger charge is 2.17. The summed E-state index contributed by atoms with van der Waals surface area (Å²) in [4.78, 5) is 20.0. The van der Waals surface area contributed by atoms with E-state index in [0.717, 1.165) is 0 Å². The summed E-state index contributed by atoms with van der Waals surface area (Å²) in [5.41, 5.74) is 0.152. The molecule has 1 atom stereocenters. The van der Waals surface area contributed by atoms with E-state index < -0.39 is 11.1 Å². The number of rotatable bonds is 4. The van der Waals surface area contributed by atoms with Crippen LogP contribution in [0.1, 0.15) is 6.92 Å². The molecule has 4 nitrogen and oxygen atoms in total. The fraction of sp³-hybridized carbons (Fsp3) is 0.154. The van der Waals surface area contributed by atoms with Gasteiger partial charge in [-0.05, 0) is 31.2 Å². The monoisotopic (exact) mass is 355 g/mol. The Hall–Kier alpha value is -1.47. The SMILES string of the molecule is C[C@H](Sc1ncccn1)C(=O)Nc1ccc(Br)cc1F. The molecule has 0 aliphatic carbocycles. The molecule has 2 aromatic rings. The third kappa shape index (κ3) is 4.01. The van der Waals surface area contributed by atoms with E-state index in [9.17, 15) is 9.18 Å². The molecule has 0 saturated carbocycles. The van der Waals surface area contributed by atoms with E-state index in [-0.39, 0.29) is 11.6 Å². The summed E-state index contributed by atoms with van der Waals surface area (Å²) in [5, 5.41) is 2.62. The Morgan fingerprint density at radius 1 is 1.40 bits per heavy atom. The third-order valence-corrected chi connectivity index (χ3v) is 3.87. The standard InChI is InChI=1S/C13H11BrFN3OS/c1-8(20-13-16-5-2-6-17-13)12(19)18-11-4-3-9(14)7-10(11)15/h2-8H,1H3,(H,18,19)/t8-/m0/s1. The van der Waals surface area contributed by atoms with Crippen molar-refractivity contribution in [1.29, 1.82) is 0 Å². The minimum Gasteiger partial charge on any atom is -0.323 e. The average Bonchev–Trinajstić information content (AvgIpc) is 2.43. The molecule has 1 heterocycles. The van der Waals surface area contributed by atoms with Gasteiger partial charge >= 0.3 is 0 Å². The molecule has 1 amide bonds. The molecule has 1 N–H and O–H groups in total. The molecule has 0 spiro atoms. The fourth-order valence-corrected chi connectivity index (χ4v) is 2.44. The lowest BCUT2D eigenvalue weighted by atomic mass is 10.3. The van der Waals surface area contributed by atoms with E-state index in [0.29, 0.717) is 9.63 Å². The van der Waals surface area contributed by atoms with Crippen molar-refractivity contribution < 1.29 is 9.18 Å². The van der Waals surface area contributed by atoms with Gasteiger partial charge in [-0.3, -0.25) is 4.79 Å². The van der Waals surface area contributed by atoms with Crippen LogP contribution in [0, 0.1) is 5.82 Å². The van der Waals surface area contributed by atoms with Crippen LogP contribution in [0.25, 0.3) is 0 Å². The van der Waals surface area contributed by atoms with Gasteiger partial charge in [-0.1, -0.05) is 27.7 Å². The van der Waals surface area contributed by atoms with Crippen LogP contribution in [0.4, 0.5) is 10.1 Å². The highest BCUT2D eigenvalue weighted by Crippen LogP contribution is 2.22. The van der Waals surface area contributed by atoms with E-state index in [1.165, 1.54) is 23.9 Å². The van der Waals surface area contributed by atoms with Gasteiger partial charge in [-0.2, -0.15) is 0 Å². The molecule has 0 fully saturated rings. The molecule has 0 unspecified atom stereocenters. The van der Waals surface area contributed by atoms with Crippen molar-refractivity contribution in [3.63, 3.8) is 0 Å². The maximum absolute atomic E-state index is 13.6. The van der Waals surface area contributed by atoms with Gasteiger partial charge in [0.2, 0.25) is 5.91 Å². The topological polar surface area (TPSA) is 54.9 Å². The summed E-state index contributed by atoms with van der Waals surface area (Å²) in [5.74, 6) is -0.787. The van der Waals surface area contributed by atoms with E-state index in [2.05, 4.69) is 31.2 Å². The maximum Gasteiger partial charge on any atom is 0.237 e. The van der Waals surface area contributed by atoms with Crippen molar-refractivity contribution in [2.75, 3.05) is 5.32 Å². The lowest BCUT2D eigenvalue weighted by molar-refractivity contribution is -0.115. The van der Waals surface area contributed by atoms with Crippen LogP contribution >= 0.6 is 27.7 Å². The van der Waals surface area contributed by atoms with Crippen LogP contribution in [0.5, 0.6) is 0 Å². The second-order valence-electron chi connectivity index (χ2n) is 3.90. The van der Waals surface area contributed by atoms with Crippen molar-refractivity contribution in [2.45, 2.75) is 17.3 Å². The maximum atomic E-state index is 13.6. The molecule has 7 heteroatoms. The van der Waals surface area contributed by atoms with Gasteiger partial charge < -0.3 is 5.32 Å². The first-order chi connectivity index (χ1) is 9.56. The number of nitrogens with one attached hydrogen (secondary N) is 1. The van der Waals surface area contributed by atoms with Crippen molar-refractivity contribution >= 4 is 39.3 Å². The van der Waals surface area contributed by atoms with Gasteiger partial charge in [0.15, 0.2) is 5.16 Å². The summed E-state index contributed by atoms with van der Waals surface area (Å²) in [7, 11) is 0. The molecule has 0 aliphatic heterocycles.